The van der Waals surface area contributed by atoms with Gasteiger partial charge in [0.25, 0.3) is 0 Å². The lowest BCUT2D eigenvalue weighted by molar-refractivity contribution is -0.388. The summed E-state index contributed by atoms with van der Waals surface area (Å²) in [4.78, 5) is 11.3. The van der Waals surface area contributed by atoms with E-state index in [9.17, 15) is 10.1 Å². The molecule has 0 spiro atoms. The molecule has 5 nitrogen and oxygen atoms in total. The Morgan fingerprint density at radius 3 is 2.89 bits per heavy atom. The molecular weight excluding hydrogens is 254 g/mol. The third kappa shape index (κ3) is 4.19. The van der Waals surface area contributed by atoms with E-state index in [0.717, 1.165) is 6.42 Å². The molecular formula is C12H17NO4S. The van der Waals surface area contributed by atoms with E-state index in [4.69, 9.17) is 9.84 Å². The zero-order chi connectivity index (χ0) is 13.4. The molecule has 0 bridgehead atoms. The molecule has 0 aliphatic carbocycles. The summed E-state index contributed by atoms with van der Waals surface area (Å²) in [6.45, 7) is 2.50. The summed E-state index contributed by atoms with van der Waals surface area (Å²) in [6.07, 6.45) is 1.42. The third-order valence-corrected chi connectivity index (χ3v) is 3.30. The van der Waals surface area contributed by atoms with Gasteiger partial charge in [-0.25, -0.2) is 0 Å². The van der Waals surface area contributed by atoms with E-state index >= 15 is 0 Å². The van der Waals surface area contributed by atoms with Gasteiger partial charge < -0.3 is 9.84 Å². The second-order valence-corrected chi connectivity index (χ2v) is 4.77. The maximum Gasteiger partial charge on any atom is 0.324 e. The van der Waals surface area contributed by atoms with Crippen molar-refractivity contribution in [1.29, 1.82) is 0 Å². The first-order chi connectivity index (χ1) is 8.70. The van der Waals surface area contributed by atoms with Crippen LogP contribution in [0.15, 0.2) is 23.1 Å². The van der Waals surface area contributed by atoms with E-state index in [-0.39, 0.29) is 12.3 Å². The fraction of sp³-hybridized carbons (Fsp3) is 0.500. The lowest BCUT2D eigenvalue weighted by Crippen LogP contribution is -2.00. The number of nitrogens with zero attached hydrogens (tertiary/aromatic N) is 1. The first-order valence-electron chi connectivity index (χ1n) is 5.84. The number of hydrogen-bond donors (Lipinski definition) is 1. The Hall–Kier alpha value is -1.27. The van der Waals surface area contributed by atoms with Crippen LogP contribution in [0.3, 0.4) is 0 Å². The Bertz CT molecular complexity index is 398. The highest BCUT2D eigenvalue weighted by Crippen LogP contribution is 2.37. The number of aliphatic hydroxyl groups is 1. The maximum absolute atomic E-state index is 11.1. The molecule has 0 unspecified atom stereocenters. The normalized spacial score (nSPS) is 10.3. The van der Waals surface area contributed by atoms with Crippen LogP contribution >= 0.6 is 11.8 Å². The number of ether oxygens (including phenoxy) is 1. The zero-order valence-corrected chi connectivity index (χ0v) is 11.1. The minimum atomic E-state index is -0.410. The molecule has 6 heteroatoms. The molecule has 0 amide bonds. The lowest BCUT2D eigenvalue weighted by Gasteiger charge is -2.08. The molecule has 1 aromatic rings. The van der Waals surface area contributed by atoms with Crippen LogP contribution < -0.4 is 4.74 Å². The van der Waals surface area contributed by atoms with Crippen molar-refractivity contribution in [2.24, 2.45) is 0 Å². The van der Waals surface area contributed by atoms with Gasteiger partial charge in [0, 0.05) is 12.4 Å². The van der Waals surface area contributed by atoms with Crippen molar-refractivity contribution >= 4 is 17.4 Å². The van der Waals surface area contributed by atoms with Crippen molar-refractivity contribution < 1.29 is 14.8 Å². The van der Waals surface area contributed by atoms with Crippen LogP contribution in [0.25, 0.3) is 0 Å². The van der Waals surface area contributed by atoms with Gasteiger partial charge in [-0.1, -0.05) is 13.0 Å². The minimum Gasteiger partial charge on any atom is -0.487 e. The summed E-state index contributed by atoms with van der Waals surface area (Å²) in [7, 11) is 0. The average Bonchev–Trinajstić information content (AvgIpc) is 2.36. The lowest BCUT2D eigenvalue weighted by atomic mass is 10.3. The van der Waals surface area contributed by atoms with Crippen LogP contribution in [-0.2, 0) is 0 Å². The summed E-state index contributed by atoms with van der Waals surface area (Å²) in [5, 5.41) is 19.8. The first kappa shape index (κ1) is 14.8. The molecule has 1 aromatic carbocycles. The molecule has 0 heterocycles. The van der Waals surface area contributed by atoms with Gasteiger partial charge in [0.2, 0.25) is 0 Å². The molecule has 0 radical (unpaired) electrons. The predicted molar refractivity (Wildman–Crippen MR) is 71.3 cm³/mol. The highest BCUT2D eigenvalue weighted by molar-refractivity contribution is 7.99. The maximum atomic E-state index is 11.1. The molecule has 0 saturated carbocycles. The monoisotopic (exact) mass is 271 g/mol. The van der Waals surface area contributed by atoms with Crippen LogP contribution in [0.5, 0.6) is 5.75 Å². The van der Waals surface area contributed by atoms with Crippen LogP contribution in [0.2, 0.25) is 0 Å². The van der Waals surface area contributed by atoms with E-state index in [0.29, 0.717) is 29.4 Å². The van der Waals surface area contributed by atoms with Crippen molar-refractivity contribution in [3.8, 4) is 5.75 Å². The number of aliphatic hydroxyl groups excluding tert-OH is 1. The highest BCUT2D eigenvalue weighted by atomic mass is 32.2. The van der Waals surface area contributed by atoms with Gasteiger partial charge in [-0.05, 0) is 25.0 Å². The standard InChI is InChI=1S/C12H17NO4S/c1-2-8-17-10-5-3-6-11(12(10)13(15)16)18-9-4-7-14/h3,5-6,14H,2,4,7-9H2,1H3. The van der Waals surface area contributed by atoms with Gasteiger partial charge in [0.1, 0.15) is 0 Å². The van der Waals surface area contributed by atoms with Gasteiger partial charge >= 0.3 is 5.69 Å². The molecule has 0 saturated heterocycles. The average molecular weight is 271 g/mol. The van der Waals surface area contributed by atoms with E-state index in [1.165, 1.54) is 11.8 Å². The number of hydrogen-bond acceptors (Lipinski definition) is 5. The van der Waals surface area contributed by atoms with Crippen molar-refractivity contribution in [1.82, 2.24) is 0 Å². The van der Waals surface area contributed by atoms with Crippen molar-refractivity contribution in [2.75, 3.05) is 19.0 Å². The number of nitro benzene ring substituents is 1. The Kier molecular flexibility index (Phi) is 6.53. The molecule has 0 fully saturated rings. The number of benzene rings is 1. The number of thioether (sulfide) groups is 1. The van der Waals surface area contributed by atoms with Gasteiger partial charge in [-0.15, -0.1) is 11.8 Å². The molecule has 100 valence electrons. The zero-order valence-electron chi connectivity index (χ0n) is 10.3. The fourth-order valence-electron chi connectivity index (χ4n) is 1.37. The molecule has 0 aromatic heterocycles. The second kappa shape index (κ2) is 7.94. The quantitative estimate of drug-likeness (QED) is 0.340. The number of rotatable bonds is 8. The van der Waals surface area contributed by atoms with Crippen molar-refractivity contribution in [2.45, 2.75) is 24.7 Å². The first-order valence-corrected chi connectivity index (χ1v) is 6.83. The Labute approximate surface area is 110 Å². The van der Waals surface area contributed by atoms with Crippen LogP contribution in [0.1, 0.15) is 19.8 Å². The summed E-state index contributed by atoms with van der Waals surface area (Å²) in [5.74, 6) is 0.963. The van der Waals surface area contributed by atoms with E-state index in [1.807, 2.05) is 6.92 Å². The number of para-hydroxylation sites is 1. The molecule has 1 N–H and O–H groups in total. The van der Waals surface area contributed by atoms with Gasteiger partial charge in [0.15, 0.2) is 5.75 Å². The van der Waals surface area contributed by atoms with Crippen LogP contribution in [0, 0.1) is 10.1 Å². The minimum absolute atomic E-state index is 0.0221. The Balaban J connectivity index is 2.90. The Morgan fingerprint density at radius 2 is 2.28 bits per heavy atom. The van der Waals surface area contributed by atoms with E-state index < -0.39 is 4.92 Å². The van der Waals surface area contributed by atoms with Gasteiger partial charge in [0.05, 0.1) is 16.4 Å². The van der Waals surface area contributed by atoms with Crippen molar-refractivity contribution in [3.05, 3.63) is 28.3 Å². The van der Waals surface area contributed by atoms with Gasteiger partial charge in [-0.2, -0.15) is 0 Å². The topological polar surface area (TPSA) is 72.6 Å². The van der Waals surface area contributed by atoms with E-state index in [2.05, 4.69) is 0 Å². The predicted octanol–water partition coefficient (Wildman–Crippen LogP) is 2.86. The second-order valence-electron chi connectivity index (χ2n) is 3.63. The largest absolute Gasteiger partial charge is 0.487 e. The smallest absolute Gasteiger partial charge is 0.324 e. The highest BCUT2D eigenvalue weighted by Gasteiger charge is 2.20. The van der Waals surface area contributed by atoms with Crippen LogP contribution in [0.4, 0.5) is 5.69 Å². The van der Waals surface area contributed by atoms with Crippen LogP contribution in [-0.4, -0.2) is 29.0 Å². The molecule has 0 aliphatic heterocycles. The summed E-state index contributed by atoms with van der Waals surface area (Å²) in [5.41, 5.74) is 0.0221. The van der Waals surface area contributed by atoms with Crippen molar-refractivity contribution in [3.63, 3.8) is 0 Å². The molecule has 0 atom stereocenters. The summed E-state index contributed by atoms with van der Waals surface area (Å²) in [6, 6.07) is 5.07. The summed E-state index contributed by atoms with van der Waals surface area (Å²) >= 11 is 1.37. The molecule has 0 aliphatic rings. The molecule has 1 rings (SSSR count). The molecule has 18 heavy (non-hydrogen) atoms. The summed E-state index contributed by atoms with van der Waals surface area (Å²) < 4.78 is 5.39. The third-order valence-electron chi connectivity index (χ3n) is 2.17. The Morgan fingerprint density at radius 1 is 1.50 bits per heavy atom. The van der Waals surface area contributed by atoms with Gasteiger partial charge in [-0.3, -0.25) is 10.1 Å². The fourth-order valence-corrected chi connectivity index (χ4v) is 2.35. The SMILES string of the molecule is CCCOc1cccc(SCCCO)c1[N+](=O)[O-]. The van der Waals surface area contributed by atoms with E-state index in [1.54, 1.807) is 18.2 Å². The number of nitro groups is 1.